The number of carbonyl (C=O) groups excluding carboxylic acids is 1. The number of anilines is 1. The molecule has 20 heavy (non-hydrogen) atoms. The molecule has 2 aromatic rings. The Balaban J connectivity index is 0.00000200. The van der Waals surface area contributed by atoms with E-state index in [4.69, 9.17) is 4.74 Å². The molecule has 0 fully saturated rings. The second-order valence-electron chi connectivity index (χ2n) is 4.48. The van der Waals surface area contributed by atoms with E-state index in [0.717, 1.165) is 5.69 Å². The van der Waals surface area contributed by atoms with Gasteiger partial charge < -0.3 is 10.1 Å². The van der Waals surface area contributed by atoms with Crippen molar-refractivity contribution in [2.45, 2.75) is 20.0 Å². The Bertz CT molecular complexity index is 555. The van der Waals surface area contributed by atoms with Crippen molar-refractivity contribution < 1.29 is 9.53 Å². The SMILES string of the molecule is CC(C)Oc1ccccc1C(=O)Nc1ccccc1.Cl. The van der Waals surface area contributed by atoms with Gasteiger partial charge >= 0.3 is 0 Å². The molecule has 0 spiro atoms. The van der Waals surface area contributed by atoms with Gasteiger partial charge in [0.1, 0.15) is 5.75 Å². The fraction of sp³-hybridized carbons (Fsp3) is 0.188. The molecular formula is C16H18ClNO2. The van der Waals surface area contributed by atoms with Crippen LogP contribution in [0.1, 0.15) is 24.2 Å². The van der Waals surface area contributed by atoms with Crippen LogP contribution >= 0.6 is 12.4 Å². The van der Waals surface area contributed by atoms with Crippen LogP contribution in [0.3, 0.4) is 0 Å². The number of ether oxygens (including phenoxy) is 1. The molecule has 0 aromatic heterocycles. The Morgan fingerprint density at radius 2 is 1.60 bits per heavy atom. The first-order chi connectivity index (χ1) is 9.16. The van der Waals surface area contributed by atoms with Crippen LogP contribution in [0.5, 0.6) is 5.75 Å². The Kier molecular flexibility index (Phi) is 6.07. The van der Waals surface area contributed by atoms with Crippen molar-refractivity contribution in [1.82, 2.24) is 0 Å². The van der Waals surface area contributed by atoms with Crippen molar-refractivity contribution in [2.24, 2.45) is 0 Å². The lowest BCUT2D eigenvalue weighted by Gasteiger charge is -2.14. The van der Waals surface area contributed by atoms with Gasteiger partial charge in [-0.1, -0.05) is 30.3 Å². The lowest BCUT2D eigenvalue weighted by atomic mass is 10.2. The smallest absolute Gasteiger partial charge is 0.259 e. The van der Waals surface area contributed by atoms with E-state index in [-0.39, 0.29) is 24.4 Å². The molecule has 0 saturated carbocycles. The zero-order chi connectivity index (χ0) is 13.7. The molecular weight excluding hydrogens is 274 g/mol. The zero-order valence-corrected chi connectivity index (χ0v) is 12.3. The Labute approximate surface area is 125 Å². The molecule has 0 atom stereocenters. The summed E-state index contributed by atoms with van der Waals surface area (Å²) in [6.07, 6.45) is 0.0330. The van der Waals surface area contributed by atoms with E-state index >= 15 is 0 Å². The summed E-state index contributed by atoms with van der Waals surface area (Å²) in [5, 5.41) is 2.85. The van der Waals surface area contributed by atoms with E-state index in [0.29, 0.717) is 11.3 Å². The summed E-state index contributed by atoms with van der Waals surface area (Å²) in [4.78, 5) is 12.2. The van der Waals surface area contributed by atoms with Gasteiger partial charge in [0.2, 0.25) is 0 Å². The van der Waals surface area contributed by atoms with Crippen LogP contribution in [0.2, 0.25) is 0 Å². The molecule has 2 rings (SSSR count). The van der Waals surface area contributed by atoms with E-state index in [9.17, 15) is 4.79 Å². The molecule has 4 heteroatoms. The van der Waals surface area contributed by atoms with Crippen LogP contribution in [-0.2, 0) is 0 Å². The molecule has 0 aliphatic heterocycles. The Hall–Kier alpha value is -2.00. The number of benzene rings is 2. The molecule has 0 radical (unpaired) electrons. The van der Waals surface area contributed by atoms with Gasteiger partial charge in [-0.25, -0.2) is 0 Å². The normalized spacial score (nSPS) is 9.75. The highest BCUT2D eigenvalue weighted by Crippen LogP contribution is 2.20. The predicted molar refractivity (Wildman–Crippen MR) is 83.8 cm³/mol. The number of hydrogen-bond acceptors (Lipinski definition) is 2. The number of amides is 1. The van der Waals surface area contributed by atoms with E-state index in [2.05, 4.69) is 5.32 Å². The second-order valence-corrected chi connectivity index (χ2v) is 4.48. The average Bonchev–Trinajstić information content (AvgIpc) is 2.39. The fourth-order valence-corrected chi connectivity index (χ4v) is 1.73. The van der Waals surface area contributed by atoms with Gasteiger partial charge in [0.25, 0.3) is 5.91 Å². The van der Waals surface area contributed by atoms with Crippen molar-refractivity contribution in [3.05, 3.63) is 60.2 Å². The highest BCUT2D eigenvalue weighted by molar-refractivity contribution is 6.06. The maximum absolute atomic E-state index is 12.2. The van der Waals surface area contributed by atoms with Crippen molar-refractivity contribution in [3.63, 3.8) is 0 Å². The van der Waals surface area contributed by atoms with Gasteiger partial charge in [-0.15, -0.1) is 12.4 Å². The number of para-hydroxylation sites is 2. The van der Waals surface area contributed by atoms with Gasteiger partial charge in [0, 0.05) is 5.69 Å². The first-order valence-corrected chi connectivity index (χ1v) is 6.29. The number of nitrogens with one attached hydrogen (secondary N) is 1. The molecule has 3 nitrogen and oxygen atoms in total. The van der Waals surface area contributed by atoms with E-state index in [1.54, 1.807) is 12.1 Å². The molecule has 106 valence electrons. The van der Waals surface area contributed by atoms with Crippen LogP contribution in [0.25, 0.3) is 0 Å². The minimum absolute atomic E-state index is 0. The third-order valence-electron chi connectivity index (χ3n) is 2.53. The van der Waals surface area contributed by atoms with Gasteiger partial charge in [-0.05, 0) is 38.1 Å². The number of rotatable bonds is 4. The Morgan fingerprint density at radius 3 is 2.25 bits per heavy atom. The standard InChI is InChI=1S/C16H17NO2.ClH/c1-12(2)19-15-11-7-6-10-14(15)16(18)17-13-8-4-3-5-9-13;/h3-12H,1-2H3,(H,17,18);1H. The van der Waals surface area contributed by atoms with E-state index in [1.807, 2.05) is 56.3 Å². The maximum atomic E-state index is 12.2. The highest BCUT2D eigenvalue weighted by Gasteiger charge is 2.12. The second kappa shape index (κ2) is 7.56. The molecule has 0 aliphatic carbocycles. The minimum atomic E-state index is -0.164. The summed E-state index contributed by atoms with van der Waals surface area (Å²) in [7, 11) is 0. The zero-order valence-electron chi connectivity index (χ0n) is 11.5. The first-order valence-electron chi connectivity index (χ1n) is 6.29. The largest absolute Gasteiger partial charge is 0.490 e. The summed E-state index contributed by atoms with van der Waals surface area (Å²) < 4.78 is 5.64. The van der Waals surface area contributed by atoms with Gasteiger partial charge in [0.15, 0.2) is 0 Å². The lowest BCUT2D eigenvalue weighted by molar-refractivity contribution is 0.102. The summed E-state index contributed by atoms with van der Waals surface area (Å²) in [5.74, 6) is 0.438. The van der Waals surface area contributed by atoms with Crippen molar-refractivity contribution in [2.75, 3.05) is 5.32 Å². The molecule has 2 aromatic carbocycles. The fourth-order valence-electron chi connectivity index (χ4n) is 1.73. The monoisotopic (exact) mass is 291 g/mol. The van der Waals surface area contributed by atoms with Crippen LogP contribution < -0.4 is 10.1 Å². The van der Waals surface area contributed by atoms with Crippen molar-refractivity contribution in [3.8, 4) is 5.75 Å². The van der Waals surface area contributed by atoms with Gasteiger partial charge in [0.05, 0.1) is 11.7 Å². The summed E-state index contributed by atoms with van der Waals surface area (Å²) in [6.45, 7) is 3.87. The van der Waals surface area contributed by atoms with Crippen molar-refractivity contribution >= 4 is 24.0 Å². The van der Waals surface area contributed by atoms with Gasteiger partial charge in [-0.3, -0.25) is 4.79 Å². The molecule has 0 heterocycles. The summed E-state index contributed by atoms with van der Waals surface area (Å²) in [5.41, 5.74) is 1.31. The first kappa shape index (κ1) is 16.1. The quantitative estimate of drug-likeness (QED) is 0.919. The van der Waals surface area contributed by atoms with Crippen LogP contribution in [-0.4, -0.2) is 12.0 Å². The number of carbonyl (C=O) groups is 1. The lowest BCUT2D eigenvalue weighted by Crippen LogP contribution is -2.15. The van der Waals surface area contributed by atoms with E-state index in [1.165, 1.54) is 0 Å². The van der Waals surface area contributed by atoms with Crippen LogP contribution in [0.4, 0.5) is 5.69 Å². The topological polar surface area (TPSA) is 38.3 Å². The van der Waals surface area contributed by atoms with Gasteiger partial charge in [-0.2, -0.15) is 0 Å². The number of hydrogen-bond donors (Lipinski definition) is 1. The predicted octanol–water partition coefficient (Wildman–Crippen LogP) is 4.15. The van der Waals surface area contributed by atoms with E-state index < -0.39 is 0 Å². The average molecular weight is 292 g/mol. The maximum Gasteiger partial charge on any atom is 0.259 e. The minimum Gasteiger partial charge on any atom is -0.490 e. The number of halogens is 1. The third kappa shape index (κ3) is 4.28. The molecule has 0 bridgehead atoms. The van der Waals surface area contributed by atoms with Crippen LogP contribution in [0.15, 0.2) is 54.6 Å². The molecule has 0 unspecified atom stereocenters. The third-order valence-corrected chi connectivity index (χ3v) is 2.53. The summed E-state index contributed by atoms with van der Waals surface area (Å²) >= 11 is 0. The Morgan fingerprint density at radius 1 is 1.00 bits per heavy atom. The highest BCUT2D eigenvalue weighted by atomic mass is 35.5. The molecule has 1 amide bonds. The van der Waals surface area contributed by atoms with Crippen molar-refractivity contribution in [1.29, 1.82) is 0 Å². The summed E-state index contributed by atoms with van der Waals surface area (Å²) in [6, 6.07) is 16.6. The van der Waals surface area contributed by atoms with Crippen LogP contribution in [0, 0.1) is 0 Å². The molecule has 0 aliphatic rings. The molecule has 1 N–H and O–H groups in total. The molecule has 0 saturated heterocycles.